The number of nitrogens with zero attached hydrogens (tertiary/aromatic N) is 2. The lowest BCUT2D eigenvalue weighted by atomic mass is 10.1. The first-order chi connectivity index (χ1) is 8.24. The van der Waals surface area contributed by atoms with Crippen molar-refractivity contribution in [3.8, 4) is 0 Å². The highest BCUT2D eigenvalue weighted by atomic mass is 16.3. The molecule has 1 fully saturated rings. The molecule has 0 aliphatic carbocycles. The van der Waals surface area contributed by atoms with E-state index in [0.717, 1.165) is 32.2 Å². The van der Waals surface area contributed by atoms with Crippen molar-refractivity contribution >= 4 is 11.7 Å². The summed E-state index contributed by atoms with van der Waals surface area (Å²) < 4.78 is 0. The highest BCUT2D eigenvalue weighted by molar-refractivity contribution is 5.98. The molecule has 1 unspecified atom stereocenters. The van der Waals surface area contributed by atoms with Crippen LogP contribution in [-0.4, -0.2) is 45.3 Å². The Morgan fingerprint density at radius 2 is 2.53 bits per heavy atom. The lowest BCUT2D eigenvalue weighted by molar-refractivity contribution is 0.0725. The molecule has 1 aromatic rings. The SMILES string of the molecule is Nc1[nH]ncc1C(=O)N1CCCC1CCCO. The number of aliphatic hydroxyl groups excluding tert-OH is 1. The van der Waals surface area contributed by atoms with E-state index in [1.54, 1.807) is 0 Å². The van der Waals surface area contributed by atoms with Gasteiger partial charge in [0.15, 0.2) is 0 Å². The Labute approximate surface area is 99.8 Å². The highest BCUT2D eigenvalue weighted by Gasteiger charge is 2.30. The number of likely N-dealkylation sites (tertiary alicyclic amines) is 1. The molecule has 1 aliphatic rings. The first-order valence-corrected chi connectivity index (χ1v) is 5.94. The summed E-state index contributed by atoms with van der Waals surface area (Å²) in [6, 6.07) is 0.226. The Balaban J connectivity index is 2.06. The van der Waals surface area contributed by atoms with Crippen LogP contribution >= 0.6 is 0 Å². The summed E-state index contributed by atoms with van der Waals surface area (Å²) >= 11 is 0. The average molecular weight is 238 g/mol. The third-order valence-electron chi connectivity index (χ3n) is 3.23. The summed E-state index contributed by atoms with van der Waals surface area (Å²) in [7, 11) is 0. The number of nitrogens with two attached hydrogens (primary N) is 1. The van der Waals surface area contributed by atoms with Gasteiger partial charge in [0.2, 0.25) is 0 Å². The number of aromatic nitrogens is 2. The largest absolute Gasteiger partial charge is 0.396 e. The van der Waals surface area contributed by atoms with E-state index in [9.17, 15) is 4.79 Å². The molecule has 0 aromatic carbocycles. The number of anilines is 1. The van der Waals surface area contributed by atoms with Crippen LogP contribution in [0.15, 0.2) is 6.20 Å². The fourth-order valence-electron chi connectivity index (χ4n) is 2.35. The van der Waals surface area contributed by atoms with Crippen LogP contribution in [0.2, 0.25) is 0 Å². The van der Waals surface area contributed by atoms with Crippen LogP contribution in [0.4, 0.5) is 5.82 Å². The van der Waals surface area contributed by atoms with Crippen LogP contribution in [-0.2, 0) is 0 Å². The molecule has 1 amide bonds. The molecule has 0 radical (unpaired) electrons. The van der Waals surface area contributed by atoms with Gasteiger partial charge in [-0.3, -0.25) is 9.89 Å². The third kappa shape index (κ3) is 2.41. The summed E-state index contributed by atoms with van der Waals surface area (Å²) in [4.78, 5) is 14.1. The van der Waals surface area contributed by atoms with Crippen molar-refractivity contribution in [1.82, 2.24) is 15.1 Å². The van der Waals surface area contributed by atoms with E-state index >= 15 is 0 Å². The second-order valence-electron chi connectivity index (χ2n) is 4.36. The summed E-state index contributed by atoms with van der Waals surface area (Å²) in [5.41, 5.74) is 6.09. The molecule has 2 rings (SSSR count). The zero-order valence-electron chi connectivity index (χ0n) is 9.72. The minimum Gasteiger partial charge on any atom is -0.396 e. The van der Waals surface area contributed by atoms with Crippen molar-refractivity contribution in [3.63, 3.8) is 0 Å². The molecule has 1 aliphatic heterocycles. The predicted molar refractivity (Wildman–Crippen MR) is 63.4 cm³/mol. The van der Waals surface area contributed by atoms with Crippen molar-refractivity contribution < 1.29 is 9.90 Å². The van der Waals surface area contributed by atoms with Crippen molar-refractivity contribution in [3.05, 3.63) is 11.8 Å². The van der Waals surface area contributed by atoms with Gasteiger partial charge in [-0.05, 0) is 25.7 Å². The van der Waals surface area contributed by atoms with Crippen molar-refractivity contribution in [2.24, 2.45) is 0 Å². The van der Waals surface area contributed by atoms with Crippen molar-refractivity contribution in [2.45, 2.75) is 31.7 Å². The normalized spacial score (nSPS) is 19.8. The number of aromatic amines is 1. The zero-order valence-corrected chi connectivity index (χ0v) is 9.72. The second kappa shape index (κ2) is 5.18. The molecule has 0 saturated carbocycles. The fourth-order valence-corrected chi connectivity index (χ4v) is 2.35. The van der Waals surface area contributed by atoms with Crippen LogP contribution in [0.1, 0.15) is 36.0 Å². The second-order valence-corrected chi connectivity index (χ2v) is 4.36. The van der Waals surface area contributed by atoms with E-state index in [4.69, 9.17) is 10.8 Å². The van der Waals surface area contributed by atoms with Gasteiger partial charge >= 0.3 is 0 Å². The van der Waals surface area contributed by atoms with E-state index in [-0.39, 0.29) is 18.6 Å². The first kappa shape index (κ1) is 11.9. The maximum Gasteiger partial charge on any atom is 0.259 e. The molecule has 1 saturated heterocycles. The van der Waals surface area contributed by atoms with Gasteiger partial charge in [-0.2, -0.15) is 5.10 Å². The lowest BCUT2D eigenvalue weighted by Crippen LogP contribution is -2.35. The van der Waals surface area contributed by atoms with E-state index in [2.05, 4.69) is 10.2 Å². The Morgan fingerprint density at radius 3 is 3.18 bits per heavy atom. The van der Waals surface area contributed by atoms with Crippen LogP contribution in [0, 0.1) is 0 Å². The molecule has 0 spiro atoms. The Hall–Kier alpha value is -1.56. The number of amides is 1. The topological polar surface area (TPSA) is 95.2 Å². The number of rotatable bonds is 4. The van der Waals surface area contributed by atoms with Crippen LogP contribution in [0.5, 0.6) is 0 Å². The third-order valence-corrected chi connectivity index (χ3v) is 3.23. The summed E-state index contributed by atoms with van der Waals surface area (Å²) in [5, 5.41) is 15.2. The Kier molecular flexibility index (Phi) is 3.63. The number of aliphatic hydroxyl groups is 1. The molecule has 6 nitrogen and oxygen atoms in total. The molecule has 1 atom stereocenters. The van der Waals surface area contributed by atoms with Gasteiger partial charge in [0.1, 0.15) is 11.4 Å². The number of nitrogens with one attached hydrogen (secondary N) is 1. The molecular weight excluding hydrogens is 220 g/mol. The molecular formula is C11H18N4O2. The number of hydrogen-bond donors (Lipinski definition) is 3. The molecule has 4 N–H and O–H groups in total. The van der Waals surface area contributed by atoms with E-state index in [0.29, 0.717) is 11.4 Å². The number of H-pyrrole nitrogens is 1. The number of carbonyl (C=O) groups is 1. The maximum atomic E-state index is 12.2. The highest BCUT2D eigenvalue weighted by Crippen LogP contribution is 2.24. The molecule has 0 bridgehead atoms. The minimum atomic E-state index is -0.0586. The van der Waals surface area contributed by atoms with Crippen LogP contribution in [0.3, 0.4) is 0 Å². The Bertz CT molecular complexity index is 391. The Morgan fingerprint density at radius 1 is 1.71 bits per heavy atom. The summed E-state index contributed by atoms with van der Waals surface area (Å²) in [6.45, 7) is 0.936. The van der Waals surface area contributed by atoms with E-state index < -0.39 is 0 Å². The molecule has 6 heteroatoms. The van der Waals surface area contributed by atoms with Crippen LogP contribution < -0.4 is 5.73 Å². The van der Waals surface area contributed by atoms with Gasteiger partial charge in [0, 0.05) is 19.2 Å². The zero-order chi connectivity index (χ0) is 12.3. The smallest absolute Gasteiger partial charge is 0.259 e. The monoisotopic (exact) mass is 238 g/mol. The first-order valence-electron chi connectivity index (χ1n) is 5.94. The molecule has 94 valence electrons. The fraction of sp³-hybridized carbons (Fsp3) is 0.636. The lowest BCUT2D eigenvalue weighted by Gasteiger charge is -2.24. The standard InChI is InChI=1S/C11H18N4O2/c12-10-9(7-13-14-10)11(17)15-5-1-3-8(15)4-2-6-16/h7-8,16H,1-6H2,(H3,12,13,14). The van der Waals surface area contributed by atoms with Crippen molar-refractivity contribution in [2.75, 3.05) is 18.9 Å². The quantitative estimate of drug-likeness (QED) is 0.706. The summed E-state index contributed by atoms with van der Waals surface area (Å²) in [5.74, 6) is 0.263. The number of nitrogen functional groups attached to an aromatic ring is 1. The maximum absolute atomic E-state index is 12.2. The van der Waals surface area contributed by atoms with E-state index in [1.165, 1.54) is 6.20 Å². The minimum absolute atomic E-state index is 0.0586. The molecule has 1 aromatic heterocycles. The molecule has 17 heavy (non-hydrogen) atoms. The predicted octanol–water partition coefficient (Wildman–Crippen LogP) is 0.369. The number of hydrogen-bond acceptors (Lipinski definition) is 4. The van der Waals surface area contributed by atoms with Gasteiger partial charge in [-0.25, -0.2) is 0 Å². The van der Waals surface area contributed by atoms with Gasteiger partial charge in [0.05, 0.1) is 6.20 Å². The molecule has 2 heterocycles. The average Bonchev–Trinajstić information content (AvgIpc) is 2.94. The van der Waals surface area contributed by atoms with E-state index in [1.807, 2.05) is 4.90 Å². The van der Waals surface area contributed by atoms with Crippen molar-refractivity contribution in [1.29, 1.82) is 0 Å². The van der Waals surface area contributed by atoms with Gasteiger partial charge in [0.25, 0.3) is 5.91 Å². The van der Waals surface area contributed by atoms with Crippen LogP contribution in [0.25, 0.3) is 0 Å². The van der Waals surface area contributed by atoms with Gasteiger partial charge < -0.3 is 15.7 Å². The van der Waals surface area contributed by atoms with Gasteiger partial charge in [-0.1, -0.05) is 0 Å². The summed E-state index contributed by atoms with van der Waals surface area (Å²) in [6.07, 6.45) is 5.07. The van der Waals surface area contributed by atoms with Gasteiger partial charge in [-0.15, -0.1) is 0 Å². The number of carbonyl (C=O) groups excluding carboxylic acids is 1.